The molecule has 0 bridgehead atoms. The van der Waals surface area contributed by atoms with E-state index in [1.807, 2.05) is 0 Å². The predicted octanol–water partition coefficient (Wildman–Crippen LogP) is 0.658. The van der Waals surface area contributed by atoms with E-state index in [1.54, 1.807) is 26.8 Å². The van der Waals surface area contributed by atoms with Gasteiger partial charge in [-0.1, -0.05) is 5.16 Å². The number of sulfonamides is 1. The molecule has 2 aromatic heterocycles. The van der Waals surface area contributed by atoms with Gasteiger partial charge in [-0.2, -0.15) is 9.40 Å². The molecular weight excluding hydrogens is 372 g/mol. The third-order valence-electron chi connectivity index (χ3n) is 4.54. The Morgan fingerprint density at radius 3 is 2.52 bits per heavy atom. The number of aryl methyl sites for hydroxylation is 3. The Bertz CT molecular complexity index is 892. The van der Waals surface area contributed by atoms with Crippen molar-refractivity contribution in [3.63, 3.8) is 0 Å². The van der Waals surface area contributed by atoms with Gasteiger partial charge < -0.3 is 14.7 Å². The molecule has 11 heteroatoms. The van der Waals surface area contributed by atoms with Gasteiger partial charge >= 0.3 is 0 Å². The summed E-state index contributed by atoms with van der Waals surface area (Å²) < 4.78 is 32.1. The Morgan fingerprint density at radius 1 is 1.26 bits per heavy atom. The first-order chi connectivity index (χ1) is 12.8. The maximum atomic E-state index is 12.8. The zero-order valence-electron chi connectivity index (χ0n) is 15.7. The van der Waals surface area contributed by atoms with Crippen LogP contribution in [0.2, 0.25) is 0 Å². The number of amides is 1. The van der Waals surface area contributed by atoms with Gasteiger partial charge in [0, 0.05) is 45.2 Å². The first-order valence-electron chi connectivity index (χ1n) is 8.74. The summed E-state index contributed by atoms with van der Waals surface area (Å²) in [6, 6.07) is 1.65. The molecular formula is C16H24N6O4S. The zero-order chi connectivity index (χ0) is 19.6. The lowest BCUT2D eigenvalue weighted by atomic mass is 10.3. The zero-order valence-corrected chi connectivity index (χ0v) is 16.5. The predicted molar refractivity (Wildman–Crippen MR) is 97.7 cm³/mol. The molecule has 0 saturated carbocycles. The van der Waals surface area contributed by atoms with E-state index in [0.29, 0.717) is 62.1 Å². The van der Waals surface area contributed by atoms with Crippen LogP contribution < -0.4 is 5.32 Å². The van der Waals surface area contributed by atoms with Crippen molar-refractivity contribution in [3.8, 4) is 0 Å². The van der Waals surface area contributed by atoms with Crippen molar-refractivity contribution in [1.82, 2.24) is 24.6 Å². The highest BCUT2D eigenvalue weighted by atomic mass is 32.2. The number of hydrogen-bond donors (Lipinski definition) is 2. The highest BCUT2D eigenvalue weighted by Crippen LogP contribution is 2.22. The van der Waals surface area contributed by atoms with E-state index in [-0.39, 0.29) is 10.8 Å². The van der Waals surface area contributed by atoms with Crippen LogP contribution in [-0.4, -0.2) is 71.6 Å². The van der Waals surface area contributed by atoms with Crippen LogP contribution >= 0.6 is 0 Å². The topological polar surface area (TPSA) is 124 Å². The Hall–Kier alpha value is -2.24. The molecule has 0 aliphatic carbocycles. The number of hydrogen-bond acceptors (Lipinski definition) is 7. The lowest BCUT2D eigenvalue weighted by Crippen LogP contribution is -2.49. The number of nitrogens with zero attached hydrogens (tertiary/aromatic N) is 4. The molecule has 0 spiro atoms. The molecule has 1 saturated heterocycles. The normalized spacial score (nSPS) is 16.6. The van der Waals surface area contributed by atoms with Crippen LogP contribution in [-0.2, 0) is 14.8 Å². The van der Waals surface area contributed by atoms with Gasteiger partial charge in [0.1, 0.15) is 10.7 Å². The maximum Gasteiger partial charge on any atom is 0.246 e. The van der Waals surface area contributed by atoms with E-state index in [4.69, 9.17) is 4.52 Å². The van der Waals surface area contributed by atoms with Crippen LogP contribution in [0.5, 0.6) is 0 Å². The number of piperazine rings is 1. The second-order valence-electron chi connectivity index (χ2n) is 6.63. The fourth-order valence-corrected chi connectivity index (χ4v) is 4.89. The summed E-state index contributed by atoms with van der Waals surface area (Å²) in [6.45, 7) is 7.62. The van der Waals surface area contributed by atoms with Gasteiger partial charge in [-0.05, 0) is 20.8 Å². The molecule has 148 valence electrons. The molecule has 1 aliphatic heterocycles. The summed E-state index contributed by atoms with van der Waals surface area (Å²) in [5.74, 6) is 0.882. The average Bonchev–Trinajstić information content (AvgIpc) is 3.18. The summed E-state index contributed by atoms with van der Waals surface area (Å²) in [5.41, 5.74) is 1.03. The molecule has 3 rings (SSSR count). The number of aromatic nitrogens is 3. The van der Waals surface area contributed by atoms with Gasteiger partial charge in [-0.15, -0.1) is 0 Å². The number of aromatic amines is 1. The standard InChI is InChI=1S/C16H24N6O4S/c1-11-10-14(20-26-11)17-15(23)4-5-21-6-8-22(9-7-21)27(24,25)16-12(2)18-19-13(16)3/h10H,4-9H2,1-3H3,(H,18,19)(H,17,20,23). The third-order valence-corrected chi connectivity index (χ3v) is 6.70. The summed E-state index contributed by atoms with van der Waals surface area (Å²) in [7, 11) is -3.56. The van der Waals surface area contributed by atoms with Crippen molar-refractivity contribution >= 4 is 21.7 Å². The number of nitrogens with one attached hydrogen (secondary N) is 2. The molecule has 1 aliphatic rings. The Kier molecular flexibility index (Phi) is 5.63. The van der Waals surface area contributed by atoms with Crippen molar-refractivity contribution in [2.45, 2.75) is 32.1 Å². The number of carbonyl (C=O) groups is 1. The smallest absolute Gasteiger partial charge is 0.246 e. The van der Waals surface area contributed by atoms with Crippen LogP contribution in [0, 0.1) is 20.8 Å². The van der Waals surface area contributed by atoms with E-state index in [2.05, 4.69) is 25.6 Å². The van der Waals surface area contributed by atoms with Gasteiger partial charge in [-0.25, -0.2) is 8.42 Å². The molecule has 10 nitrogen and oxygen atoms in total. The maximum absolute atomic E-state index is 12.8. The lowest BCUT2D eigenvalue weighted by molar-refractivity contribution is -0.116. The average molecular weight is 396 g/mol. The number of carbonyl (C=O) groups excluding carboxylic acids is 1. The summed E-state index contributed by atoms with van der Waals surface area (Å²) in [4.78, 5) is 14.3. The van der Waals surface area contributed by atoms with Crippen molar-refractivity contribution in [2.24, 2.45) is 0 Å². The highest BCUT2D eigenvalue weighted by molar-refractivity contribution is 7.89. The van der Waals surface area contributed by atoms with Crippen LogP contribution in [0.25, 0.3) is 0 Å². The molecule has 27 heavy (non-hydrogen) atoms. The Morgan fingerprint density at radius 2 is 1.96 bits per heavy atom. The van der Waals surface area contributed by atoms with Gasteiger partial charge in [0.15, 0.2) is 5.82 Å². The molecule has 1 fully saturated rings. The molecule has 0 radical (unpaired) electrons. The minimum atomic E-state index is -3.56. The van der Waals surface area contributed by atoms with E-state index < -0.39 is 10.0 Å². The molecule has 2 N–H and O–H groups in total. The van der Waals surface area contributed by atoms with E-state index >= 15 is 0 Å². The SMILES string of the molecule is Cc1cc(NC(=O)CCN2CCN(S(=O)(=O)c3c(C)n[nH]c3C)CC2)no1. The van der Waals surface area contributed by atoms with Crippen LogP contribution in [0.4, 0.5) is 5.82 Å². The summed E-state index contributed by atoms with van der Waals surface area (Å²) in [6.07, 6.45) is 0.304. The second kappa shape index (κ2) is 7.79. The lowest BCUT2D eigenvalue weighted by Gasteiger charge is -2.33. The summed E-state index contributed by atoms with van der Waals surface area (Å²) >= 11 is 0. The van der Waals surface area contributed by atoms with Crippen molar-refractivity contribution in [2.75, 3.05) is 38.0 Å². The van der Waals surface area contributed by atoms with Crippen molar-refractivity contribution in [3.05, 3.63) is 23.2 Å². The second-order valence-corrected chi connectivity index (χ2v) is 8.50. The first-order valence-corrected chi connectivity index (χ1v) is 10.2. The fraction of sp³-hybridized carbons (Fsp3) is 0.562. The van der Waals surface area contributed by atoms with Gasteiger partial charge in [-0.3, -0.25) is 9.89 Å². The van der Waals surface area contributed by atoms with Crippen molar-refractivity contribution in [1.29, 1.82) is 0 Å². The van der Waals surface area contributed by atoms with E-state index in [9.17, 15) is 13.2 Å². The molecule has 0 atom stereocenters. The number of rotatable bonds is 6. The van der Waals surface area contributed by atoms with Gasteiger partial charge in [0.25, 0.3) is 0 Å². The fourth-order valence-electron chi connectivity index (χ4n) is 3.13. The number of anilines is 1. The van der Waals surface area contributed by atoms with Crippen LogP contribution in [0.1, 0.15) is 23.6 Å². The molecule has 2 aromatic rings. The minimum absolute atomic E-state index is 0.150. The van der Waals surface area contributed by atoms with E-state index in [0.717, 1.165) is 0 Å². The van der Waals surface area contributed by atoms with Gasteiger partial charge in [0.2, 0.25) is 15.9 Å². The minimum Gasteiger partial charge on any atom is -0.360 e. The highest BCUT2D eigenvalue weighted by Gasteiger charge is 2.32. The van der Waals surface area contributed by atoms with Gasteiger partial charge in [0.05, 0.1) is 11.4 Å². The van der Waals surface area contributed by atoms with Crippen molar-refractivity contribution < 1.29 is 17.7 Å². The molecule has 3 heterocycles. The Labute approximate surface area is 157 Å². The molecule has 0 unspecified atom stereocenters. The molecule has 1 amide bonds. The van der Waals surface area contributed by atoms with E-state index in [1.165, 1.54) is 4.31 Å². The van der Waals surface area contributed by atoms with Crippen LogP contribution in [0.15, 0.2) is 15.5 Å². The molecule has 0 aromatic carbocycles. The number of H-pyrrole nitrogens is 1. The largest absolute Gasteiger partial charge is 0.360 e. The summed E-state index contributed by atoms with van der Waals surface area (Å²) in [5, 5.41) is 13.1. The quantitative estimate of drug-likeness (QED) is 0.735. The first kappa shape index (κ1) is 19.5. The third kappa shape index (κ3) is 4.37. The Balaban J connectivity index is 1.49. The van der Waals surface area contributed by atoms with Crippen LogP contribution in [0.3, 0.4) is 0 Å². The monoisotopic (exact) mass is 396 g/mol.